The molecule has 3 aromatic rings. The van der Waals surface area contributed by atoms with Crippen LogP contribution >= 0.6 is 15.9 Å². The molecule has 2 N–H and O–H groups in total. The van der Waals surface area contributed by atoms with E-state index in [9.17, 15) is 4.79 Å². The maximum absolute atomic E-state index is 11.0. The van der Waals surface area contributed by atoms with Crippen LogP contribution in [0.2, 0.25) is 0 Å². The van der Waals surface area contributed by atoms with Crippen LogP contribution in [0, 0.1) is 0 Å². The van der Waals surface area contributed by atoms with Crippen molar-refractivity contribution in [1.29, 1.82) is 0 Å². The molecule has 5 heteroatoms. The highest BCUT2D eigenvalue weighted by Gasteiger charge is 2.08. The van der Waals surface area contributed by atoms with E-state index < -0.39 is 0 Å². The first-order valence-electron chi connectivity index (χ1n) is 6.15. The number of H-pyrrole nitrogens is 1. The van der Waals surface area contributed by atoms with Crippen molar-refractivity contribution in [3.8, 4) is 11.3 Å². The summed E-state index contributed by atoms with van der Waals surface area (Å²) in [6.45, 7) is 1.46. The molecule has 0 saturated heterocycles. The number of amides is 1. The Hall–Kier alpha value is -2.14. The van der Waals surface area contributed by atoms with Crippen LogP contribution in [0.3, 0.4) is 0 Å². The van der Waals surface area contributed by atoms with E-state index in [1.54, 1.807) is 6.20 Å². The fraction of sp³-hybridized carbons (Fsp3) is 0.0667. The topological polar surface area (TPSA) is 57.8 Å². The molecule has 3 rings (SSSR count). The molecule has 4 nitrogen and oxygen atoms in total. The molecule has 0 unspecified atom stereocenters. The second kappa shape index (κ2) is 5.09. The summed E-state index contributed by atoms with van der Waals surface area (Å²) in [6.07, 6.45) is 1.72. The Morgan fingerprint density at radius 3 is 2.95 bits per heavy atom. The number of rotatable bonds is 2. The van der Waals surface area contributed by atoms with Gasteiger partial charge in [-0.2, -0.15) is 0 Å². The summed E-state index contributed by atoms with van der Waals surface area (Å²) in [6, 6.07) is 12.3. The van der Waals surface area contributed by atoms with Gasteiger partial charge in [-0.25, -0.2) is 4.98 Å². The van der Waals surface area contributed by atoms with Crippen molar-refractivity contribution in [2.45, 2.75) is 6.92 Å². The summed E-state index contributed by atoms with van der Waals surface area (Å²) >= 11 is 3.49. The second-order valence-corrected chi connectivity index (χ2v) is 5.41. The molecule has 0 radical (unpaired) electrons. The van der Waals surface area contributed by atoms with E-state index in [-0.39, 0.29) is 5.91 Å². The fourth-order valence-electron chi connectivity index (χ4n) is 2.17. The van der Waals surface area contributed by atoms with Crippen LogP contribution in [0.5, 0.6) is 0 Å². The van der Waals surface area contributed by atoms with Crippen molar-refractivity contribution in [1.82, 2.24) is 9.97 Å². The van der Waals surface area contributed by atoms with Crippen molar-refractivity contribution in [3.05, 3.63) is 47.1 Å². The summed E-state index contributed by atoms with van der Waals surface area (Å²) in [5.41, 5.74) is 1.92. The lowest BCUT2D eigenvalue weighted by molar-refractivity contribution is -0.114. The zero-order valence-electron chi connectivity index (χ0n) is 10.8. The van der Waals surface area contributed by atoms with Gasteiger partial charge in [0, 0.05) is 17.0 Å². The molecule has 100 valence electrons. The number of imidazole rings is 1. The van der Waals surface area contributed by atoms with Crippen LogP contribution in [0.15, 0.2) is 47.1 Å². The molecule has 1 heterocycles. The fourth-order valence-corrected chi connectivity index (χ4v) is 2.53. The number of anilines is 1. The first kappa shape index (κ1) is 12.9. The lowest BCUT2D eigenvalue weighted by Gasteiger charge is -2.05. The van der Waals surface area contributed by atoms with Gasteiger partial charge in [0.15, 0.2) is 0 Å². The first-order valence-corrected chi connectivity index (χ1v) is 6.94. The monoisotopic (exact) mass is 329 g/mol. The molecule has 0 aliphatic carbocycles. The molecule has 0 aliphatic heterocycles. The Labute approximate surface area is 124 Å². The highest BCUT2D eigenvalue weighted by atomic mass is 79.9. The van der Waals surface area contributed by atoms with Gasteiger partial charge in [-0.15, -0.1) is 0 Å². The summed E-state index contributed by atoms with van der Waals surface area (Å²) in [5.74, 6) is 0.311. The molecule has 0 fully saturated rings. The Balaban J connectivity index is 2.11. The predicted octanol–water partition coefficient (Wildman–Crippen LogP) is 3.95. The van der Waals surface area contributed by atoms with Crippen LogP contribution in [0.25, 0.3) is 22.0 Å². The van der Waals surface area contributed by atoms with Crippen LogP contribution in [-0.4, -0.2) is 15.9 Å². The Morgan fingerprint density at radius 2 is 2.15 bits per heavy atom. The van der Waals surface area contributed by atoms with Crippen molar-refractivity contribution >= 4 is 38.6 Å². The molecule has 0 saturated carbocycles. The summed E-state index contributed by atoms with van der Waals surface area (Å²) < 4.78 is 1.03. The minimum Gasteiger partial charge on any atom is -0.324 e. The van der Waals surface area contributed by atoms with Crippen LogP contribution < -0.4 is 5.32 Å². The van der Waals surface area contributed by atoms with Crippen LogP contribution in [0.1, 0.15) is 6.92 Å². The van der Waals surface area contributed by atoms with E-state index in [0.29, 0.717) is 5.95 Å². The third-order valence-corrected chi connectivity index (χ3v) is 3.50. The molecular weight excluding hydrogens is 318 g/mol. The molecule has 0 spiro atoms. The van der Waals surface area contributed by atoms with Gasteiger partial charge in [0.1, 0.15) is 0 Å². The van der Waals surface area contributed by atoms with Crippen molar-refractivity contribution in [2.75, 3.05) is 5.32 Å². The van der Waals surface area contributed by atoms with Crippen molar-refractivity contribution in [3.63, 3.8) is 0 Å². The Morgan fingerprint density at radius 1 is 1.30 bits per heavy atom. The minimum absolute atomic E-state index is 0.147. The van der Waals surface area contributed by atoms with Gasteiger partial charge >= 0.3 is 0 Å². The third kappa shape index (κ3) is 2.44. The van der Waals surface area contributed by atoms with Crippen LogP contribution in [0.4, 0.5) is 5.95 Å². The lowest BCUT2D eigenvalue weighted by atomic mass is 10.0. The SMILES string of the molecule is CC(=O)Nc1ncc(-c2cccc3ccc(Br)cc23)[nH]1. The molecular formula is C15H12BrN3O. The van der Waals surface area contributed by atoms with Gasteiger partial charge in [0.25, 0.3) is 0 Å². The number of fused-ring (bicyclic) bond motifs is 1. The number of benzene rings is 2. The van der Waals surface area contributed by atoms with Gasteiger partial charge in [0.2, 0.25) is 11.9 Å². The summed E-state index contributed by atoms with van der Waals surface area (Å²) in [5, 5.41) is 4.92. The maximum Gasteiger partial charge on any atom is 0.223 e. The van der Waals surface area contributed by atoms with Gasteiger partial charge < -0.3 is 4.98 Å². The van der Waals surface area contributed by atoms with Gasteiger partial charge in [-0.05, 0) is 22.9 Å². The number of nitrogens with one attached hydrogen (secondary N) is 2. The first-order chi connectivity index (χ1) is 9.63. The summed E-state index contributed by atoms with van der Waals surface area (Å²) in [7, 11) is 0. The van der Waals surface area contributed by atoms with E-state index in [1.165, 1.54) is 6.92 Å². The van der Waals surface area contributed by atoms with Crippen molar-refractivity contribution < 1.29 is 4.79 Å². The molecule has 0 atom stereocenters. The largest absolute Gasteiger partial charge is 0.324 e. The van der Waals surface area contributed by atoms with Crippen molar-refractivity contribution in [2.24, 2.45) is 0 Å². The molecule has 2 aromatic carbocycles. The predicted molar refractivity (Wildman–Crippen MR) is 83.5 cm³/mol. The highest BCUT2D eigenvalue weighted by Crippen LogP contribution is 2.30. The molecule has 0 aliphatic rings. The minimum atomic E-state index is -0.147. The van der Waals surface area contributed by atoms with Gasteiger partial charge in [0.05, 0.1) is 11.9 Å². The Kier molecular flexibility index (Phi) is 3.28. The zero-order valence-corrected chi connectivity index (χ0v) is 12.4. The van der Waals surface area contributed by atoms with E-state index in [1.807, 2.05) is 18.2 Å². The normalized spacial score (nSPS) is 10.7. The van der Waals surface area contributed by atoms with E-state index in [0.717, 1.165) is 26.5 Å². The number of carbonyl (C=O) groups is 1. The maximum atomic E-state index is 11.0. The smallest absolute Gasteiger partial charge is 0.223 e. The number of carbonyl (C=O) groups excluding carboxylic acids is 1. The van der Waals surface area contributed by atoms with E-state index >= 15 is 0 Å². The van der Waals surface area contributed by atoms with E-state index in [4.69, 9.17) is 0 Å². The summed E-state index contributed by atoms with van der Waals surface area (Å²) in [4.78, 5) is 18.3. The van der Waals surface area contributed by atoms with E-state index in [2.05, 4.69) is 49.4 Å². The number of hydrogen-bond acceptors (Lipinski definition) is 2. The number of halogens is 1. The molecule has 20 heavy (non-hydrogen) atoms. The number of hydrogen-bond donors (Lipinski definition) is 2. The zero-order chi connectivity index (χ0) is 14.1. The molecule has 1 aromatic heterocycles. The quantitative estimate of drug-likeness (QED) is 0.747. The number of nitrogens with zero attached hydrogens (tertiary/aromatic N) is 1. The average Bonchev–Trinajstić information content (AvgIpc) is 2.85. The number of aromatic amines is 1. The second-order valence-electron chi connectivity index (χ2n) is 4.50. The van der Waals surface area contributed by atoms with Crippen LogP contribution in [-0.2, 0) is 4.79 Å². The lowest BCUT2D eigenvalue weighted by Crippen LogP contribution is -2.06. The highest BCUT2D eigenvalue weighted by molar-refractivity contribution is 9.10. The Bertz CT molecular complexity index is 795. The standard InChI is InChI=1S/C15H12BrN3O/c1-9(20)18-15-17-8-14(19-15)12-4-2-3-10-5-6-11(16)7-13(10)12/h2-8H,1H3,(H2,17,18,19,20). The number of aromatic nitrogens is 2. The molecule has 1 amide bonds. The van der Waals surface area contributed by atoms with Gasteiger partial charge in [-0.1, -0.05) is 40.2 Å². The third-order valence-electron chi connectivity index (χ3n) is 3.00. The molecule has 0 bridgehead atoms. The average molecular weight is 330 g/mol. The van der Waals surface area contributed by atoms with Gasteiger partial charge in [-0.3, -0.25) is 10.1 Å².